The number of likely N-dealkylation sites (tertiary alicyclic amines) is 1. The average molecular weight is 454 g/mol. The summed E-state index contributed by atoms with van der Waals surface area (Å²) in [5, 5.41) is 8.78. The van der Waals surface area contributed by atoms with Crippen LogP contribution >= 0.6 is 0 Å². The maximum absolute atomic E-state index is 10.7. The minimum atomic E-state index is -0.776. The Hall–Kier alpha value is -2.41. The molecule has 0 bridgehead atoms. The summed E-state index contributed by atoms with van der Waals surface area (Å²) in [5.74, 6) is 0.0162. The molecule has 0 aromatic heterocycles. The molecule has 178 valence electrons. The van der Waals surface area contributed by atoms with E-state index in [4.69, 9.17) is 19.3 Å². The molecule has 2 aliphatic rings. The van der Waals surface area contributed by atoms with Crippen LogP contribution in [0.25, 0.3) is 0 Å². The summed E-state index contributed by atoms with van der Waals surface area (Å²) in [6.07, 6.45) is 5.22. The van der Waals surface area contributed by atoms with E-state index in [0.29, 0.717) is 19.1 Å². The van der Waals surface area contributed by atoms with E-state index in [1.54, 1.807) is 0 Å². The third-order valence-corrected chi connectivity index (χ3v) is 6.93. The topological polar surface area (TPSA) is 68.2 Å². The standard InChI is InChI=1S/C27H35NO5/c1-31-25-12-17-33-27(18-25)13-15-28(16-14-27)19-22-2-4-23(5-3-22)20-32-24-9-6-21(7-10-24)8-11-26(29)30/h2-7,9-10,25H,8,11-20H2,1H3,(H,29,30). The first kappa shape index (κ1) is 23.7. The van der Waals surface area contributed by atoms with Gasteiger partial charge in [0.05, 0.1) is 11.7 Å². The highest BCUT2D eigenvalue weighted by Gasteiger charge is 2.40. The van der Waals surface area contributed by atoms with Crippen LogP contribution in [0, 0.1) is 0 Å². The first-order chi connectivity index (χ1) is 16.0. The number of carboxylic acid groups (broad SMARTS) is 1. The molecule has 2 heterocycles. The molecule has 6 heteroatoms. The largest absolute Gasteiger partial charge is 0.489 e. The first-order valence-corrected chi connectivity index (χ1v) is 11.9. The number of hydrogen-bond acceptors (Lipinski definition) is 5. The second-order valence-corrected chi connectivity index (χ2v) is 9.30. The molecule has 1 unspecified atom stereocenters. The van der Waals surface area contributed by atoms with Crippen LogP contribution in [-0.2, 0) is 33.8 Å². The summed E-state index contributed by atoms with van der Waals surface area (Å²) >= 11 is 0. The smallest absolute Gasteiger partial charge is 0.303 e. The van der Waals surface area contributed by atoms with Crippen LogP contribution < -0.4 is 4.74 Å². The van der Waals surface area contributed by atoms with Gasteiger partial charge in [0.1, 0.15) is 12.4 Å². The van der Waals surface area contributed by atoms with Gasteiger partial charge in [-0.05, 0) is 54.5 Å². The summed E-state index contributed by atoms with van der Waals surface area (Å²) in [6.45, 7) is 4.41. The van der Waals surface area contributed by atoms with Crippen molar-refractivity contribution < 1.29 is 24.1 Å². The van der Waals surface area contributed by atoms with Crippen molar-refractivity contribution in [3.8, 4) is 5.75 Å². The Labute approximate surface area is 196 Å². The molecule has 4 rings (SSSR count). The van der Waals surface area contributed by atoms with Crippen molar-refractivity contribution in [3.63, 3.8) is 0 Å². The predicted octanol–water partition coefficient (Wildman–Crippen LogP) is 4.44. The number of ether oxygens (including phenoxy) is 3. The van der Waals surface area contributed by atoms with Gasteiger partial charge in [-0.15, -0.1) is 0 Å². The molecule has 2 aliphatic heterocycles. The molecule has 2 fully saturated rings. The minimum Gasteiger partial charge on any atom is -0.489 e. The molecule has 2 saturated heterocycles. The van der Waals surface area contributed by atoms with Gasteiger partial charge in [0.15, 0.2) is 0 Å². The fraction of sp³-hybridized carbons (Fsp3) is 0.519. The maximum atomic E-state index is 10.7. The Balaban J connectivity index is 1.21. The monoisotopic (exact) mass is 453 g/mol. The lowest BCUT2D eigenvalue weighted by Crippen LogP contribution is -2.50. The summed E-state index contributed by atoms with van der Waals surface area (Å²) in [5.41, 5.74) is 3.47. The Morgan fingerprint density at radius 1 is 1.06 bits per heavy atom. The summed E-state index contributed by atoms with van der Waals surface area (Å²) in [7, 11) is 1.81. The molecule has 0 aliphatic carbocycles. The highest BCUT2D eigenvalue weighted by molar-refractivity contribution is 5.67. The molecular weight excluding hydrogens is 418 g/mol. The van der Waals surface area contributed by atoms with E-state index in [2.05, 4.69) is 29.2 Å². The molecule has 2 aromatic rings. The van der Waals surface area contributed by atoms with Crippen LogP contribution in [-0.4, -0.2) is 54.5 Å². The van der Waals surface area contributed by atoms with Gasteiger partial charge in [-0.1, -0.05) is 36.4 Å². The lowest BCUT2D eigenvalue weighted by Gasteiger charge is -2.46. The fourth-order valence-electron chi connectivity index (χ4n) is 4.82. The number of carbonyl (C=O) groups is 1. The zero-order valence-corrected chi connectivity index (χ0v) is 19.5. The van der Waals surface area contributed by atoms with Crippen molar-refractivity contribution in [2.45, 2.75) is 63.4 Å². The molecule has 0 amide bonds. The number of rotatable bonds is 9. The molecule has 1 N–H and O–H groups in total. The van der Waals surface area contributed by atoms with Crippen molar-refractivity contribution in [1.29, 1.82) is 0 Å². The van der Waals surface area contributed by atoms with E-state index in [9.17, 15) is 4.79 Å². The van der Waals surface area contributed by atoms with E-state index >= 15 is 0 Å². The second kappa shape index (κ2) is 11.1. The number of nitrogens with zero attached hydrogens (tertiary/aromatic N) is 1. The van der Waals surface area contributed by atoms with E-state index in [1.165, 1.54) is 5.56 Å². The van der Waals surface area contributed by atoms with Crippen molar-refractivity contribution in [2.24, 2.45) is 0 Å². The third-order valence-electron chi connectivity index (χ3n) is 6.93. The zero-order chi connectivity index (χ0) is 23.1. The quantitative estimate of drug-likeness (QED) is 0.605. The molecule has 6 nitrogen and oxygen atoms in total. The zero-order valence-electron chi connectivity index (χ0n) is 19.5. The van der Waals surface area contributed by atoms with Gasteiger partial charge in [-0.2, -0.15) is 0 Å². The number of aliphatic carboxylic acids is 1. The second-order valence-electron chi connectivity index (χ2n) is 9.30. The number of aryl methyl sites for hydroxylation is 1. The number of piperidine rings is 1. The lowest BCUT2D eigenvalue weighted by molar-refractivity contribution is -0.149. The van der Waals surface area contributed by atoms with Crippen molar-refractivity contribution in [2.75, 3.05) is 26.8 Å². The normalized spacial score (nSPS) is 20.6. The Bertz CT molecular complexity index is 888. The van der Waals surface area contributed by atoms with Crippen molar-refractivity contribution in [3.05, 3.63) is 65.2 Å². The van der Waals surface area contributed by atoms with Crippen molar-refractivity contribution >= 4 is 5.97 Å². The lowest BCUT2D eigenvalue weighted by atomic mass is 9.83. The summed E-state index contributed by atoms with van der Waals surface area (Å²) in [6, 6.07) is 16.3. The number of methoxy groups -OCH3 is 1. The van der Waals surface area contributed by atoms with Crippen LogP contribution in [0.5, 0.6) is 5.75 Å². The van der Waals surface area contributed by atoms with Crippen molar-refractivity contribution in [1.82, 2.24) is 4.90 Å². The average Bonchev–Trinajstić information content (AvgIpc) is 2.84. The number of benzene rings is 2. The molecule has 0 saturated carbocycles. The minimum absolute atomic E-state index is 0.0189. The van der Waals surface area contributed by atoms with Gasteiger partial charge < -0.3 is 19.3 Å². The van der Waals surface area contributed by atoms with E-state index in [1.807, 2.05) is 31.4 Å². The van der Waals surface area contributed by atoms with Crippen LogP contribution in [0.3, 0.4) is 0 Å². The van der Waals surface area contributed by atoms with Gasteiger partial charge in [0.2, 0.25) is 0 Å². The number of carboxylic acids is 1. The Morgan fingerprint density at radius 2 is 1.73 bits per heavy atom. The highest BCUT2D eigenvalue weighted by Crippen LogP contribution is 2.36. The molecule has 1 spiro atoms. The van der Waals surface area contributed by atoms with E-state index in [0.717, 1.165) is 68.8 Å². The van der Waals surface area contributed by atoms with Crippen LogP contribution in [0.1, 0.15) is 48.8 Å². The van der Waals surface area contributed by atoms with E-state index < -0.39 is 5.97 Å². The van der Waals surface area contributed by atoms with Gasteiger partial charge in [0.25, 0.3) is 0 Å². The maximum Gasteiger partial charge on any atom is 0.303 e. The Kier molecular flexibility index (Phi) is 8.02. The van der Waals surface area contributed by atoms with Crippen LogP contribution in [0.15, 0.2) is 48.5 Å². The number of hydrogen-bond donors (Lipinski definition) is 1. The van der Waals surface area contributed by atoms with Crippen LogP contribution in [0.4, 0.5) is 0 Å². The molecule has 1 atom stereocenters. The van der Waals surface area contributed by atoms with Gasteiger partial charge in [-0.25, -0.2) is 0 Å². The highest BCUT2D eigenvalue weighted by atomic mass is 16.5. The Morgan fingerprint density at radius 3 is 2.39 bits per heavy atom. The fourth-order valence-corrected chi connectivity index (χ4v) is 4.82. The van der Waals surface area contributed by atoms with Crippen LogP contribution in [0.2, 0.25) is 0 Å². The summed E-state index contributed by atoms with van der Waals surface area (Å²) < 4.78 is 17.7. The van der Waals surface area contributed by atoms with Gasteiger partial charge in [-0.3, -0.25) is 9.69 Å². The van der Waals surface area contributed by atoms with Gasteiger partial charge >= 0.3 is 5.97 Å². The predicted molar refractivity (Wildman–Crippen MR) is 126 cm³/mol. The molecule has 0 radical (unpaired) electrons. The third kappa shape index (κ3) is 6.79. The molecule has 2 aromatic carbocycles. The van der Waals surface area contributed by atoms with E-state index in [-0.39, 0.29) is 12.0 Å². The first-order valence-electron chi connectivity index (χ1n) is 11.9. The molecule has 33 heavy (non-hydrogen) atoms. The van der Waals surface area contributed by atoms with Gasteiger partial charge in [0, 0.05) is 46.2 Å². The summed E-state index contributed by atoms with van der Waals surface area (Å²) in [4.78, 5) is 13.2. The molecular formula is C27H35NO5. The SMILES string of the molecule is COC1CCOC2(CCN(Cc3ccc(COc4ccc(CCC(=O)O)cc4)cc3)CC2)C1.